The van der Waals surface area contributed by atoms with Crippen LogP contribution >= 0.6 is 0 Å². The maximum absolute atomic E-state index is 6.03. The Morgan fingerprint density at radius 2 is 2.27 bits per heavy atom. The second-order valence-corrected chi connectivity index (χ2v) is 7.19. The van der Waals surface area contributed by atoms with E-state index in [1.807, 2.05) is 29.3 Å². The van der Waals surface area contributed by atoms with Gasteiger partial charge in [-0.05, 0) is 31.0 Å². The Morgan fingerprint density at radius 1 is 1.31 bits per heavy atom. The number of benzene rings is 1. The van der Waals surface area contributed by atoms with Crippen molar-refractivity contribution in [3.05, 3.63) is 59.7 Å². The van der Waals surface area contributed by atoms with Crippen LogP contribution in [0.2, 0.25) is 0 Å². The molecule has 1 saturated heterocycles. The van der Waals surface area contributed by atoms with Crippen molar-refractivity contribution in [3.8, 4) is 5.69 Å². The van der Waals surface area contributed by atoms with Crippen LogP contribution in [0.1, 0.15) is 29.3 Å². The summed E-state index contributed by atoms with van der Waals surface area (Å²) in [7, 11) is 0. The van der Waals surface area contributed by atoms with Crippen LogP contribution in [0.4, 0.5) is 0 Å². The molecule has 0 unspecified atom stereocenters. The Hall–Kier alpha value is -2.51. The van der Waals surface area contributed by atoms with Crippen molar-refractivity contribution >= 4 is 0 Å². The Morgan fingerprint density at radius 3 is 3.15 bits per heavy atom. The highest BCUT2D eigenvalue weighted by Crippen LogP contribution is 2.31. The van der Waals surface area contributed by atoms with Crippen molar-refractivity contribution in [2.24, 2.45) is 0 Å². The van der Waals surface area contributed by atoms with Gasteiger partial charge in [-0.2, -0.15) is 5.10 Å². The van der Waals surface area contributed by atoms with Gasteiger partial charge in [-0.15, -0.1) is 5.10 Å². The van der Waals surface area contributed by atoms with Gasteiger partial charge in [0.15, 0.2) is 0 Å². The van der Waals surface area contributed by atoms with E-state index in [-0.39, 0.29) is 12.1 Å². The van der Waals surface area contributed by atoms with Crippen molar-refractivity contribution in [1.29, 1.82) is 0 Å². The molecule has 0 spiro atoms. The van der Waals surface area contributed by atoms with Crippen molar-refractivity contribution in [2.45, 2.75) is 38.6 Å². The fraction of sp³-hybridized carbons (Fsp3) is 0.421. The highest BCUT2D eigenvalue weighted by atomic mass is 16.5. The molecule has 7 nitrogen and oxygen atoms in total. The molecule has 2 aliphatic heterocycles. The van der Waals surface area contributed by atoms with E-state index in [9.17, 15) is 0 Å². The van der Waals surface area contributed by atoms with Gasteiger partial charge >= 0.3 is 0 Å². The quantitative estimate of drug-likeness (QED) is 0.724. The van der Waals surface area contributed by atoms with Crippen LogP contribution in [0.5, 0.6) is 0 Å². The van der Waals surface area contributed by atoms with Crippen LogP contribution in [0.15, 0.2) is 42.9 Å². The maximum Gasteiger partial charge on any atom is 0.0930 e. The molecule has 134 valence electrons. The first-order valence-corrected chi connectivity index (χ1v) is 9.10. The molecule has 5 rings (SSSR count). The molecule has 0 amide bonds. The second-order valence-electron chi connectivity index (χ2n) is 7.19. The molecule has 3 aromatic rings. The number of piperidine rings is 1. The topological polar surface area (TPSA) is 61.0 Å². The summed E-state index contributed by atoms with van der Waals surface area (Å²) < 4.78 is 10.0. The zero-order valence-corrected chi connectivity index (χ0v) is 14.8. The average molecular weight is 350 g/mol. The molecule has 2 aromatic heterocycles. The zero-order valence-electron chi connectivity index (χ0n) is 14.8. The molecule has 1 aromatic carbocycles. The van der Waals surface area contributed by atoms with Crippen molar-refractivity contribution in [2.75, 3.05) is 13.1 Å². The van der Waals surface area contributed by atoms with E-state index in [0.29, 0.717) is 6.61 Å². The summed E-state index contributed by atoms with van der Waals surface area (Å²) >= 11 is 0. The summed E-state index contributed by atoms with van der Waals surface area (Å²) in [5, 5.41) is 12.8. The van der Waals surface area contributed by atoms with Crippen LogP contribution in [-0.4, -0.2) is 48.9 Å². The lowest BCUT2D eigenvalue weighted by molar-refractivity contribution is -0.0669. The Labute approximate surface area is 152 Å². The predicted octanol–water partition coefficient (Wildman–Crippen LogP) is 2.12. The molecule has 7 heteroatoms. The number of rotatable bonds is 3. The summed E-state index contributed by atoms with van der Waals surface area (Å²) in [6.07, 6.45) is 6.89. The lowest BCUT2D eigenvalue weighted by Crippen LogP contribution is -2.47. The third-order valence-electron chi connectivity index (χ3n) is 5.39. The first-order chi connectivity index (χ1) is 12.8. The Kier molecular flexibility index (Phi) is 3.83. The second kappa shape index (κ2) is 6.34. The van der Waals surface area contributed by atoms with Crippen LogP contribution in [0.25, 0.3) is 5.69 Å². The van der Waals surface area contributed by atoms with Gasteiger partial charge in [-0.25, -0.2) is 9.36 Å². The monoisotopic (exact) mass is 350 g/mol. The number of fused-ring (bicyclic) bond motifs is 3. The first kappa shape index (κ1) is 15.7. The van der Waals surface area contributed by atoms with Gasteiger partial charge in [0, 0.05) is 32.0 Å². The van der Waals surface area contributed by atoms with Gasteiger partial charge in [0.05, 0.1) is 36.3 Å². The summed E-state index contributed by atoms with van der Waals surface area (Å²) in [6, 6.07) is 8.77. The highest BCUT2D eigenvalue weighted by molar-refractivity contribution is 5.42. The van der Waals surface area contributed by atoms with E-state index in [0.717, 1.165) is 37.4 Å². The van der Waals surface area contributed by atoms with E-state index in [2.05, 4.69) is 50.1 Å². The number of aromatic nitrogens is 5. The minimum atomic E-state index is 0.239. The third-order valence-corrected chi connectivity index (χ3v) is 5.39. The van der Waals surface area contributed by atoms with E-state index in [1.54, 1.807) is 0 Å². The molecule has 2 aliphatic rings. The average Bonchev–Trinajstić information content (AvgIpc) is 3.33. The number of nitrogens with zero attached hydrogens (tertiary/aromatic N) is 6. The smallest absolute Gasteiger partial charge is 0.0930 e. The summed E-state index contributed by atoms with van der Waals surface area (Å²) in [5.41, 5.74) is 4.78. The fourth-order valence-electron chi connectivity index (χ4n) is 4.10. The van der Waals surface area contributed by atoms with Crippen LogP contribution in [0.3, 0.4) is 0 Å². The molecular weight excluding hydrogens is 328 g/mol. The number of hydrogen-bond donors (Lipinski definition) is 0. The fourth-order valence-corrected chi connectivity index (χ4v) is 4.10. The van der Waals surface area contributed by atoms with Crippen LogP contribution < -0.4 is 0 Å². The van der Waals surface area contributed by atoms with E-state index in [1.165, 1.54) is 11.1 Å². The molecule has 26 heavy (non-hydrogen) atoms. The van der Waals surface area contributed by atoms with E-state index < -0.39 is 0 Å². The molecule has 0 bridgehead atoms. The van der Waals surface area contributed by atoms with Crippen LogP contribution in [-0.2, 0) is 17.9 Å². The van der Waals surface area contributed by atoms with Gasteiger partial charge in [0.1, 0.15) is 0 Å². The van der Waals surface area contributed by atoms with Crippen LogP contribution in [0, 0.1) is 6.92 Å². The van der Waals surface area contributed by atoms with Crippen molar-refractivity contribution in [1.82, 2.24) is 29.7 Å². The van der Waals surface area contributed by atoms with Gasteiger partial charge in [-0.1, -0.05) is 22.9 Å². The van der Waals surface area contributed by atoms with Crippen molar-refractivity contribution in [3.63, 3.8) is 0 Å². The summed E-state index contributed by atoms with van der Waals surface area (Å²) in [5.74, 6) is 0. The van der Waals surface area contributed by atoms with Gasteiger partial charge < -0.3 is 4.74 Å². The first-order valence-electron chi connectivity index (χ1n) is 9.10. The van der Waals surface area contributed by atoms with Gasteiger partial charge in [0.2, 0.25) is 0 Å². The minimum absolute atomic E-state index is 0.239. The summed E-state index contributed by atoms with van der Waals surface area (Å²) in [4.78, 5) is 2.49. The molecular formula is C19H22N6O. The number of ether oxygens (including phenoxy) is 1. The molecule has 2 atom stereocenters. The lowest BCUT2D eigenvalue weighted by atomic mass is 9.99. The van der Waals surface area contributed by atoms with E-state index >= 15 is 0 Å². The Bertz CT molecular complexity index is 903. The minimum Gasteiger partial charge on any atom is -0.370 e. The van der Waals surface area contributed by atoms with E-state index in [4.69, 9.17) is 4.74 Å². The highest BCUT2D eigenvalue weighted by Gasteiger charge is 2.36. The molecule has 0 saturated carbocycles. The molecule has 1 fully saturated rings. The zero-order chi connectivity index (χ0) is 17.5. The summed E-state index contributed by atoms with van der Waals surface area (Å²) in [6.45, 7) is 5.60. The van der Waals surface area contributed by atoms with Gasteiger partial charge in [0.25, 0.3) is 0 Å². The molecule has 0 radical (unpaired) electrons. The maximum atomic E-state index is 6.03. The Balaban J connectivity index is 1.41. The molecule has 0 aliphatic carbocycles. The number of likely N-dealkylation sites (tertiary alicyclic amines) is 1. The molecule has 0 N–H and O–H groups in total. The normalized spacial score (nSPS) is 22.8. The standard InChI is InChI=1S/C19H22N6O/c1-14-3-4-17(24-7-2-6-21-24)15(9-14)11-23-8-5-19-18(12-23)25-16(13-26-19)10-20-22-25/h2-4,6-7,9-10,18-19H,5,8,11-13H2,1H3/t18-,19+/m1/s1. The third kappa shape index (κ3) is 2.73. The number of aryl methyl sites for hydroxylation is 1. The van der Waals surface area contributed by atoms with Gasteiger partial charge in [-0.3, -0.25) is 4.90 Å². The number of hydrogen-bond acceptors (Lipinski definition) is 5. The largest absolute Gasteiger partial charge is 0.370 e. The van der Waals surface area contributed by atoms with Crippen molar-refractivity contribution < 1.29 is 4.74 Å². The SMILES string of the molecule is Cc1ccc(-n2cccn2)c(CN2CC[C@@H]3OCc4cnnn4[C@@H]3C2)c1. The molecule has 4 heterocycles. The predicted molar refractivity (Wildman–Crippen MR) is 95.8 cm³/mol. The lowest BCUT2D eigenvalue weighted by Gasteiger charge is -2.41.